The maximum Gasteiger partial charge on any atom is 0.466 e. The van der Waals surface area contributed by atoms with Crippen LogP contribution in [0.3, 0.4) is 0 Å². The third kappa shape index (κ3) is 3.17. The first-order valence-electron chi connectivity index (χ1n) is 7.86. The second-order valence-electron chi connectivity index (χ2n) is 6.12. The maximum absolute atomic E-state index is 14.0. The zero-order chi connectivity index (χ0) is 20.9. The molecule has 1 aliphatic heterocycles. The van der Waals surface area contributed by atoms with E-state index in [1.54, 1.807) is 24.1 Å². The molecule has 3 nitrogen and oxygen atoms in total. The van der Waals surface area contributed by atoms with E-state index in [2.05, 4.69) is 4.74 Å². The third-order valence-electron chi connectivity index (χ3n) is 4.42. The van der Waals surface area contributed by atoms with E-state index in [1.807, 2.05) is 0 Å². The highest BCUT2D eigenvalue weighted by Gasteiger charge is 2.67. The molecule has 0 saturated carbocycles. The number of ether oxygens (including phenoxy) is 1. The first-order valence-corrected chi connectivity index (χ1v) is 8.24. The first kappa shape index (κ1) is 20.3. The quantitative estimate of drug-likeness (QED) is 0.476. The number of alkyl halides is 6. The third-order valence-corrected chi connectivity index (χ3v) is 4.66. The highest BCUT2D eigenvalue weighted by Crippen LogP contribution is 2.48. The Balaban J connectivity index is 2.13. The Morgan fingerprint density at radius 1 is 1.07 bits per heavy atom. The van der Waals surface area contributed by atoms with Crippen molar-refractivity contribution in [3.63, 3.8) is 0 Å². The molecule has 0 radical (unpaired) electrons. The van der Waals surface area contributed by atoms with Crippen LogP contribution in [0.15, 0.2) is 42.5 Å². The number of esters is 1. The van der Waals surface area contributed by atoms with Crippen LogP contribution < -0.4 is 4.90 Å². The van der Waals surface area contributed by atoms with Crippen molar-refractivity contribution in [2.24, 2.45) is 0 Å². The number of anilines is 2. The highest BCUT2D eigenvalue weighted by atomic mass is 35.5. The van der Waals surface area contributed by atoms with Gasteiger partial charge < -0.3 is 9.64 Å². The molecule has 2 aromatic rings. The monoisotopic (exact) mass is 423 g/mol. The second kappa shape index (κ2) is 6.88. The number of hydrogen-bond acceptors (Lipinski definition) is 3. The van der Waals surface area contributed by atoms with Crippen molar-refractivity contribution in [1.29, 1.82) is 0 Å². The molecular formula is C18H12ClF6NO2. The Bertz CT molecular complexity index is 919. The lowest BCUT2D eigenvalue weighted by Gasteiger charge is -2.35. The number of rotatable bonds is 3. The van der Waals surface area contributed by atoms with Crippen LogP contribution >= 0.6 is 11.6 Å². The van der Waals surface area contributed by atoms with Gasteiger partial charge in [0.2, 0.25) is 0 Å². The van der Waals surface area contributed by atoms with Gasteiger partial charge in [0.15, 0.2) is 0 Å². The summed E-state index contributed by atoms with van der Waals surface area (Å²) in [5.41, 5.74) is 1.09. The van der Waals surface area contributed by atoms with Crippen LogP contribution in [0.4, 0.5) is 37.7 Å². The topological polar surface area (TPSA) is 29.5 Å². The van der Waals surface area contributed by atoms with E-state index in [0.717, 1.165) is 0 Å². The summed E-state index contributed by atoms with van der Waals surface area (Å²) in [5.74, 6) is -8.80. The molecule has 150 valence electrons. The molecule has 0 amide bonds. The molecule has 2 aromatic carbocycles. The summed E-state index contributed by atoms with van der Waals surface area (Å²) in [5, 5.41) is 0.153. The summed E-state index contributed by atoms with van der Waals surface area (Å²) in [4.78, 5) is 14.2. The summed E-state index contributed by atoms with van der Waals surface area (Å²) < 4.78 is 81.9. The largest absolute Gasteiger partial charge is 0.466 e. The van der Waals surface area contributed by atoms with Gasteiger partial charge in [-0.1, -0.05) is 29.8 Å². The maximum atomic E-state index is 14.0. The number of carbonyl (C=O) groups is 1. The highest BCUT2D eigenvalue weighted by molar-refractivity contribution is 6.30. The van der Waals surface area contributed by atoms with Gasteiger partial charge in [0.05, 0.1) is 0 Å². The van der Waals surface area contributed by atoms with Gasteiger partial charge >= 0.3 is 24.4 Å². The predicted molar refractivity (Wildman–Crippen MR) is 89.8 cm³/mol. The molecule has 0 bridgehead atoms. The number of hydrogen-bond donors (Lipinski definition) is 0. The van der Waals surface area contributed by atoms with Gasteiger partial charge in [-0.25, -0.2) is 8.78 Å². The fourth-order valence-electron chi connectivity index (χ4n) is 3.08. The number of benzene rings is 2. The van der Waals surface area contributed by atoms with Gasteiger partial charge in [0, 0.05) is 23.4 Å². The van der Waals surface area contributed by atoms with Crippen LogP contribution in [-0.4, -0.2) is 31.5 Å². The molecule has 3 rings (SSSR count). The summed E-state index contributed by atoms with van der Waals surface area (Å²) >= 11 is 5.93. The number of nitrogens with zero attached hydrogens (tertiary/aromatic N) is 1. The lowest BCUT2D eigenvalue weighted by molar-refractivity contribution is -0.356. The minimum Gasteiger partial charge on any atom is -0.414 e. The fourth-order valence-corrected chi connectivity index (χ4v) is 3.26. The molecule has 0 aromatic heterocycles. The molecule has 0 N–H and O–H groups in total. The van der Waals surface area contributed by atoms with Crippen molar-refractivity contribution in [1.82, 2.24) is 0 Å². The molecule has 10 heteroatoms. The number of fused-ring (bicyclic) bond motifs is 2. The van der Waals surface area contributed by atoms with Crippen molar-refractivity contribution in [2.75, 3.05) is 11.9 Å². The van der Waals surface area contributed by atoms with Crippen molar-refractivity contribution in [3.8, 4) is 0 Å². The van der Waals surface area contributed by atoms with E-state index < -0.39 is 30.3 Å². The summed E-state index contributed by atoms with van der Waals surface area (Å²) in [6.07, 6.45) is -10.7. The summed E-state index contributed by atoms with van der Waals surface area (Å²) in [6.45, 7) is 0. The molecule has 0 saturated heterocycles. The van der Waals surface area contributed by atoms with Crippen LogP contribution in [0, 0.1) is 0 Å². The number of halogens is 7. The SMILES string of the molecule is CN1c2ccccc2C(C(=O)OC(F)(C(F)F)C(F)(F)F)c2cc(Cl)ccc21. The number of para-hydroxylation sites is 1. The van der Waals surface area contributed by atoms with Gasteiger partial charge in [0.25, 0.3) is 0 Å². The lowest BCUT2D eigenvalue weighted by atomic mass is 9.85. The van der Waals surface area contributed by atoms with Gasteiger partial charge in [-0.05, 0) is 35.4 Å². The average molecular weight is 424 g/mol. The molecule has 28 heavy (non-hydrogen) atoms. The Kier molecular flexibility index (Phi) is 4.99. The van der Waals surface area contributed by atoms with Crippen LogP contribution in [0.1, 0.15) is 17.0 Å². The van der Waals surface area contributed by atoms with E-state index in [9.17, 15) is 31.1 Å². The lowest BCUT2D eigenvalue weighted by Crippen LogP contribution is -2.51. The van der Waals surface area contributed by atoms with Gasteiger partial charge in [-0.2, -0.15) is 17.6 Å². The van der Waals surface area contributed by atoms with Crippen molar-refractivity contribution in [3.05, 3.63) is 58.6 Å². The molecule has 0 spiro atoms. The molecular weight excluding hydrogens is 412 g/mol. The normalized spacial score (nSPS) is 18.3. The molecule has 0 fully saturated rings. The summed E-state index contributed by atoms with van der Waals surface area (Å²) in [7, 11) is 1.64. The van der Waals surface area contributed by atoms with E-state index in [0.29, 0.717) is 11.4 Å². The zero-order valence-electron chi connectivity index (χ0n) is 14.1. The molecule has 1 heterocycles. The van der Waals surface area contributed by atoms with Gasteiger partial charge in [-0.15, -0.1) is 0 Å². The molecule has 1 aliphatic rings. The smallest absolute Gasteiger partial charge is 0.414 e. The Labute approximate surface area is 160 Å². The Hall–Kier alpha value is -2.42. The first-order chi connectivity index (χ1) is 13.0. The second-order valence-corrected chi connectivity index (χ2v) is 6.55. The van der Waals surface area contributed by atoms with Crippen LogP contribution in [0.25, 0.3) is 0 Å². The van der Waals surface area contributed by atoms with Crippen molar-refractivity contribution in [2.45, 2.75) is 24.4 Å². The van der Waals surface area contributed by atoms with E-state index in [1.165, 1.54) is 30.3 Å². The summed E-state index contributed by atoms with van der Waals surface area (Å²) in [6, 6.07) is 10.4. The van der Waals surface area contributed by atoms with Crippen LogP contribution in [-0.2, 0) is 9.53 Å². The van der Waals surface area contributed by atoms with E-state index >= 15 is 0 Å². The molecule has 2 atom stereocenters. The number of carbonyl (C=O) groups excluding carboxylic acids is 1. The van der Waals surface area contributed by atoms with E-state index in [4.69, 9.17) is 11.6 Å². The molecule has 2 unspecified atom stereocenters. The van der Waals surface area contributed by atoms with Gasteiger partial charge in [-0.3, -0.25) is 4.79 Å². The molecule has 0 aliphatic carbocycles. The van der Waals surface area contributed by atoms with Crippen LogP contribution in [0.5, 0.6) is 0 Å². The predicted octanol–water partition coefficient (Wildman–Crippen LogP) is 5.59. The van der Waals surface area contributed by atoms with Crippen molar-refractivity contribution < 1.29 is 35.9 Å². The van der Waals surface area contributed by atoms with Crippen LogP contribution in [0.2, 0.25) is 5.02 Å². The minimum atomic E-state index is -6.11. The van der Waals surface area contributed by atoms with Gasteiger partial charge in [0.1, 0.15) is 5.92 Å². The van der Waals surface area contributed by atoms with E-state index in [-0.39, 0.29) is 16.1 Å². The zero-order valence-corrected chi connectivity index (χ0v) is 14.9. The fraction of sp³-hybridized carbons (Fsp3) is 0.278. The Morgan fingerprint density at radius 3 is 2.29 bits per heavy atom. The van der Waals surface area contributed by atoms with Crippen molar-refractivity contribution >= 4 is 28.9 Å². The minimum absolute atomic E-state index is 0.109. The standard InChI is InChI=1S/C18H12ClF6NO2/c1-26-12-5-3-2-4-10(12)14(11-8-9(19)6-7-13(11)26)15(27)28-17(22,16(20)21)18(23,24)25/h2-8,14,16H,1H3. The average Bonchev–Trinajstić information content (AvgIpc) is 2.60. The Morgan fingerprint density at radius 2 is 1.68 bits per heavy atom.